The average molecular weight is 286 g/mol. The Bertz CT molecular complexity index is 418. The topological polar surface area (TPSA) is 55.4 Å². The number of nitrogens with one attached hydrogen (secondary N) is 1. The predicted molar refractivity (Wildman–Crippen MR) is 64.1 cm³/mol. The van der Waals surface area contributed by atoms with E-state index >= 15 is 0 Å². The molecule has 0 aliphatic rings. The maximum Gasteiger partial charge on any atom is 0.315 e. The summed E-state index contributed by atoms with van der Waals surface area (Å²) in [7, 11) is 1.25. The Labute approximate surface area is 102 Å². The van der Waals surface area contributed by atoms with Crippen molar-refractivity contribution in [2.75, 3.05) is 12.4 Å². The highest BCUT2D eigenvalue weighted by Crippen LogP contribution is 2.23. The van der Waals surface area contributed by atoms with E-state index in [-0.39, 0.29) is 6.42 Å². The molecule has 1 N–H and O–H groups in total. The van der Waals surface area contributed by atoms with Crippen molar-refractivity contribution in [1.29, 1.82) is 0 Å². The normalized spacial score (nSPS) is 9.69. The van der Waals surface area contributed by atoms with Gasteiger partial charge in [0, 0.05) is 4.47 Å². The van der Waals surface area contributed by atoms with Crippen molar-refractivity contribution in [2.24, 2.45) is 0 Å². The van der Waals surface area contributed by atoms with E-state index in [1.54, 1.807) is 6.07 Å². The molecule has 0 radical (unpaired) electrons. The largest absolute Gasteiger partial charge is 0.469 e. The van der Waals surface area contributed by atoms with Crippen LogP contribution in [0.1, 0.15) is 12.0 Å². The third-order valence-corrected chi connectivity index (χ3v) is 2.59. The minimum Gasteiger partial charge on any atom is -0.469 e. The van der Waals surface area contributed by atoms with Crippen LogP contribution in [0.25, 0.3) is 0 Å². The number of hydrogen-bond acceptors (Lipinski definition) is 3. The Morgan fingerprint density at radius 2 is 2.12 bits per heavy atom. The summed E-state index contributed by atoms with van der Waals surface area (Å²) in [5, 5.41) is 2.62. The summed E-state index contributed by atoms with van der Waals surface area (Å²) >= 11 is 3.33. The van der Waals surface area contributed by atoms with Crippen LogP contribution in [0.15, 0.2) is 22.7 Å². The first-order valence-corrected chi connectivity index (χ1v) is 5.45. The lowest BCUT2D eigenvalue weighted by atomic mass is 10.2. The third-order valence-electron chi connectivity index (χ3n) is 1.93. The van der Waals surface area contributed by atoms with Crippen molar-refractivity contribution < 1.29 is 14.3 Å². The Kier molecular flexibility index (Phi) is 4.49. The van der Waals surface area contributed by atoms with Gasteiger partial charge in [0.1, 0.15) is 6.42 Å². The highest BCUT2D eigenvalue weighted by molar-refractivity contribution is 9.10. The fraction of sp³-hybridized carbons (Fsp3) is 0.273. The van der Waals surface area contributed by atoms with Crippen molar-refractivity contribution in [2.45, 2.75) is 13.3 Å². The SMILES string of the molecule is COC(=O)CC(=O)Nc1ccc(C)cc1Br. The molecule has 0 aliphatic carbocycles. The number of halogens is 1. The number of amides is 1. The fourth-order valence-corrected chi connectivity index (χ4v) is 1.71. The van der Waals surface area contributed by atoms with Crippen LogP contribution >= 0.6 is 15.9 Å². The van der Waals surface area contributed by atoms with Gasteiger partial charge in [-0.1, -0.05) is 6.07 Å². The molecule has 1 rings (SSSR count). The first kappa shape index (κ1) is 12.7. The Balaban J connectivity index is 2.66. The first-order chi connectivity index (χ1) is 7.52. The van der Waals surface area contributed by atoms with Gasteiger partial charge in [0.2, 0.25) is 5.91 Å². The van der Waals surface area contributed by atoms with Gasteiger partial charge in [-0.05, 0) is 40.5 Å². The molecule has 0 atom stereocenters. The zero-order valence-corrected chi connectivity index (χ0v) is 10.6. The van der Waals surface area contributed by atoms with Gasteiger partial charge in [0.15, 0.2) is 0 Å². The van der Waals surface area contributed by atoms with E-state index in [0.29, 0.717) is 5.69 Å². The van der Waals surface area contributed by atoms with E-state index in [4.69, 9.17) is 0 Å². The maximum atomic E-state index is 11.4. The molecule has 0 fully saturated rings. The van der Waals surface area contributed by atoms with E-state index < -0.39 is 11.9 Å². The lowest BCUT2D eigenvalue weighted by Crippen LogP contribution is -2.17. The van der Waals surface area contributed by atoms with Crippen LogP contribution in [0.3, 0.4) is 0 Å². The molecular weight excluding hydrogens is 274 g/mol. The molecule has 0 unspecified atom stereocenters. The number of esters is 1. The van der Waals surface area contributed by atoms with E-state index in [0.717, 1.165) is 10.0 Å². The summed E-state index contributed by atoms with van der Waals surface area (Å²) in [6, 6.07) is 5.53. The molecule has 0 saturated heterocycles. The van der Waals surface area contributed by atoms with Gasteiger partial charge in [-0.2, -0.15) is 0 Å². The smallest absolute Gasteiger partial charge is 0.315 e. The molecule has 1 aromatic rings. The number of carbonyl (C=O) groups excluding carboxylic acids is 2. The van der Waals surface area contributed by atoms with Gasteiger partial charge in [0.25, 0.3) is 0 Å². The van der Waals surface area contributed by atoms with Gasteiger partial charge in [-0.3, -0.25) is 9.59 Å². The molecule has 16 heavy (non-hydrogen) atoms. The molecule has 0 aliphatic heterocycles. The van der Waals surface area contributed by atoms with Crippen LogP contribution in [-0.2, 0) is 14.3 Å². The van der Waals surface area contributed by atoms with Gasteiger partial charge < -0.3 is 10.1 Å². The van der Waals surface area contributed by atoms with Crippen LogP contribution in [-0.4, -0.2) is 19.0 Å². The van der Waals surface area contributed by atoms with E-state index in [1.807, 2.05) is 19.1 Å². The van der Waals surface area contributed by atoms with Gasteiger partial charge in [0.05, 0.1) is 12.8 Å². The third kappa shape index (κ3) is 3.66. The number of aryl methyl sites for hydroxylation is 1. The van der Waals surface area contributed by atoms with Crippen LogP contribution in [0.2, 0.25) is 0 Å². The summed E-state index contributed by atoms with van der Waals surface area (Å²) in [5.41, 5.74) is 1.72. The van der Waals surface area contributed by atoms with Crippen molar-refractivity contribution >= 4 is 33.5 Å². The fourth-order valence-electron chi connectivity index (χ4n) is 1.12. The zero-order valence-electron chi connectivity index (χ0n) is 9.04. The zero-order chi connectivity index (χ0) is 12.1. The number of rotatable bonds is 3. The van der Waals surface area contributed by atoms with E-state index in [9.17, 15) is 9.59 Å². The molecule has 1 amide bonds. The number of benzene rings is 1. The first-order valence-electron chi connectivity index (χ1n) is 4.65. The molecule has 0 aromatic heterocycles. The van der Waals surface area contributed by atoms with Crippen LogP contribution in [0, 0.1) is 6.92 Å². The number of anilines is 1. The molecule has 1 aromatic carbocycles. The molecule has 0 heterocycles. The second-order valence-corrected chi connectivity index (χ2v) is 4.14. The summed E-state index contributed by atoms with van der Waals surface area (Å²) < 4.78 is 5.18. The summed E-state index contributed by atoms with van der Waals surface area (Å²) in [6.07, 6.45) is -0.281. The average Bonchev–Trinajstić information content (AvgIpc) is 2.22. The van der Waals surface area contributed by atoms with Crippen molar-refractivity contribution in [3.05, 3.63) is 28.2 Å². The monoisotopic (exact) mass is 285 g/mol. The van der Waals surface area contributed by atoms with Crippen molar-refractivity contribution in [3.63, 3.8) is 0 Å². The quantitative estimate of drug-likeness (QED) is 0.685. The minimum absolute atomic E-state index is 0.281. The molecule has 86 valence electrons. The highest BCUT2D eigenvalue weighted by Gasteiger charge is 2.10. The van der Waals surface area contributed by atoms with Gasteiger partial charge in [-0.15, -0.1) is 0 Å². The predicted octanol–water partition coefficient (Wildman–Crippen LogP) is 2.26. The lowest BCUT2D eigenvalue weighted by molar-refractivity contribution is -0.142. The van der Waals surface area contributed by atoms with E-state index in [1.165, 1.54) is 7.11 Å². The molecule has 5 heteroatoms. The second-order valence-electron chi connectivity index (χ2n) is 3.28. The van der Waals surface area contributed by atoms with Crippen LogP contribution < -0.4 is 5.32 Å². The summed E-state index contributed by atoms with van der Waals surface area (Å²) in [5.74, 6) is -0.947. The number of carbonyl (C=O) groups is 2. The van der Waals surface area contributed by atoms with Gasteiger partial charge in [-0.25, -0.2) is 0 Å². The van der Waals surface area contributed by atoms with Crippen LogP contribution in [0.5, 0.6) is 0 Å². The van der Waals surface area contributed by atoms with E-state index in [2.05, 4.69) is 26.0 Å². The maximum absolute atomic E-state index is 11.4. The Hall–Kier alpha value is -1.36. The van der Waals surface area contributed by atoms with Gasteiger partial charge >= 0.3 is 5.97 Å². The minimum atomic E-state index is -0.555. The Morgan fingerprint density at radius 3 is 2.69 bits per heavy atom. The molecule has 4 nitrogen and oxygen atoms in total. The molecule has 0 saturated carbocycles. The number of methoxy groups -OCH3 is 1. The summed E-state index contributed by atoms with van der Waals surface area (Å²) in [4.78, 5) is 22.2. The lowest BCUT2D eigenvalue weighted by Gasteiger charge is -2.07. The number of ether oxygens (including phenoxy) is 1. The van der Waals surface area contributed by atoms with Crippen molar-refractivity contribution in [3.8, 4) is 0 Å². The second kappa shape index (κ2) is 5.65. The summed E-state index contributed by atoms with van der Waals surface area (Å²) in [6.45, 7) is 1.95. The Morgan fingerprint density at radius 1 is 1.44 bits per heavy atom. The van der Waals surface area contributed by atoms with Crippen LogP contribution in [0.4, 0.5) is 5.69 Å². The van der Waals surface area contributed by atoms with Crippen molar-refractivity contribution in [1.82, 2.24) is 0 Å². The molecular formula is C11H12BrNO3. The standard InChI is InChI=1S/C11H12BrNO3/c1-7-3-4-9(8(12)5-7)13-10(14)6-11(15)16-2/h3-5H,6H2,1-2H3,(H,13,14). The molecule has 0 spiro atoms. The highest BCUT2D eigenvalue weighted by atomic mass is 79.9. The molecule has 0 bridgehead atoms. The number of hydrogen-bond donors (Lipinski definition) is 1.